The fourth-order valence-electron chi connectivity index (χ4n) is 2.42. The van der Waals surface area contributed by atoms with Gasteiger partial charge in [0.1, 0.15) is 0 Å². The molecule has 2 heterocycles. The Labute approximate surface area is 130 Å². The van der Waals surface area contributed by atoms with E-state index in [-0.39, 0.29) is 0 Å². The lowest BCUT2D eigenvalue weighted by Gasteiger charge is -2.16. The molecule has 20 heavy (non-hydrogen) atoms. The van der Waals surface area contributed by atoms with Crippen molar-refractivity contribution >= 4 is 22.9 Å². The van der Waals surface area contributed by atoms with Crippen molar-refractivity contribution in [3.8, 4) is 0 Å². The standard InChI is InChI=1S/C15H22ClN3S/c1-4-13-15(16)14(19(5-2)18-13)9-12(17-3)8-11-6-7-20-10-11/h6-7,10,12,17H,4-5,8-9H2,1-3H3. The van der Waals surface area contributed by atoms with Crippen molar-refractivity contribution in [2.45, 2.75) is 45.7 Å². The highest BCUT2D eigenvalue weighted by Gasteiger charge is 2.18. The first-order valence-corrected chi connectivity index (χ1v) is 8.44. The first-order valence-electron chi connectivity index (χ1n) is 7.11. The minimum absolute atomic E-state index is 0.383. The number of nitrogens with zero attached hydrogens (tertiary/aromatic N) is 2. The molecule has 1 atom stereocenters. The van der Waals surface area contributed by atoms with E-state index in [4.69, 9.17) is 11.6 Å². The number of likely N-dealkylation sites (N-methyl/N-ethyl adjacent to an activating group) is 1. The summed E-state index contributed by atoms with van der Waals surface area (Å²) in [6.45, 7) is 5.07. The fraction of sp³-hybridized carbons (Fsp3) is 0.533. The van der Waals surface area contributed by atoms with E-state index in [0.717, 1.165) is 42.2 Å². The van der Waals surface area contributed by atoms with Crippen molar-refractivity contribution in [3.05, 3.63) is 38.8 Å². The Morgan fingerprint density at radius 2 is 2.20 bits per heavy atom. The molecule has 0 radical (unpaired) electrons. The summed E-state index contributed by atoms with van der Waals surface area (Å²) in [4.78, 5) is 0. The number of rotatable bonds is 7. The van der Waals surface area contributed by atoms with Crippen LogP contribution >= 0.6 is 22.9 Å². The average Bonchev–Trinajstić information content (AvgIpc) is 3.07. The molecule has 0 spiro atoms. The molecule has 0 aromatic carbocycles. The van der Waals surface area contributed by atoms with Gasteiger partial charge in [-0.2, -0.15) is 16.4 Å². The second-order valence-electron chi connectivity index (χ2n) is 4.90. The van der Waals surface area contributed by atoms with Gasteiger partial charge in [0, 0.05) is 19.0 Å². The van der Waals surface area contributed by atoms with Crippen molar-refractivity contribution in [2.24, 2.45) is 0 Å². The monoisotopic (exact) mass is 311 g/mol. The molecule has 1 unspecified atom stereocenters. The summed E-state index contributed by atoms with van der Waals surface area (Å²) in [6, 6.07) is 2.57. The molecular formula is C15H22ClN3S. The lowest BCUT2D eigenvalue weighted by Crippen LogP contribution is -2.30. The lowest BCUT2D eigenvalue weighted by atomic mass is 10.0. The van der Waals surface area contributed by atoms with Crippen molar-refractivity contribution < 1.29 is 0 Å². The van der Waals surface area contributed by atoms with Gasteiger partial charge in [-0.1, -0.05) is 18.5 Å². The Bertz CT molecular complexity index is 534. The maximum atomic E-state index is 6.48. The van der Waals surface area contributed by atoms with Gasteiger partial charge < -0.3 is 5.32 Å². The minimum atomic E-state index is 0.383. The number of thiophene rings is 1. The van der Waals surface area contributed by atoms with Gasteiger partial charge in [0.15, 0.2) is 0 Å². The first-order chi connectivity index (χ1) is 9.69. The molecule has 0 saturated heterocycles. The van der Waals surface area contributed by atoms with Gasteiger partial charge in [-0.05, 0) is 49.2 Å². The Balaban J connectivity index is 2.16. The van der Waals surface area contributed by atoms with Crippen LogP contribution in [0.1, 0.15) is 30.8 Å². The topological polar surface area (TPSA) is 29.9 Å². The molecule has 3 nitrogen and oxygen atoms in total. The van der Waals surface area contributed by atoms with Crippen LogP contribution in [0, 0.1) is 0 Å². The highest BCUT2D eigenvalue weighted by atomic mass is 35.5. The average molecular weight is 312 g/mol. The van der Waals surface area contributed by atoms with Crippen LogP contribution in [0.4, 0.5) is 0 Å². The number of halogens is 1. The Hall–Kier alpha value is -0.840. The molecule has 1 N–H and O–H groups in total. The third-order valence-corrected chi connectivity index (χ3v) is 4.77. The largest absolute Gasteiger partial charge is 0.316 e. The van der Waals surface area contributed by atoms with Crippen molar-refractivity contribution in [3.63, 3.8) is 0 Å². The van der Waals surface area contributed by atoms with Gasteiger partial charge in [0.25, 0.3) is 0 Å². The second-order valence-corrected chi connectivity index (χ2v) is 6.06. The molecule has 0 fully saturated rings. The number of hydrogen-bond donors (Lipinski definition) is 1. The van der Waals surface area contributed by atoms with Gasteiger partial charge >= 0.3 is 0 Å². The van der Waals surface area contributed by atoms with E-state index in [9.17, 15) is 0 Å². The first kappa shape index (κ1) is 15.5. The van der Waals surface area contributed by atoms with Crippen LogP contribution in [0.5, 0.6) is 0 Å². The zero-order chi connectivity index (χ0) is 14.5. The maximum Gasteiger partial charge on any atom is 0.0850 e. The Morgan fingerprint density at radius 3 is 2.75 bits per heavy atom. The molecule has 2 aromatic rings. The normalized spacial score (nSPS) is 12.8. The smallest absolute Gasteiger partial charge is 0.0850 e. The molecule has 0 aliphatic carbocycles. The predicted molar refractivity (Wildman–Crippen MR) is 86.9 cm³/mol. The fourth-order valence-corrected chi connectivity index (χ4v) is 3.44. The van der Waals surface area contributed by atoms with E-state index in [1.54, 1.807) is 11.3 Å². The Kier molecular flexibility index (Phi) is 5.64. The molecule has 0 amide bonds. The summed E-state index contributed by atoms with van der Waals surface area (Å²) in [6.07, 6.45) is 2.81. The van der Waals surface area contributed by atoms with Crippen molar-refractivity contribution in [1.82, 2.24) is 15.1 Å². The highest BCUT2D eigenvalue weighted by molar-refractivity contribution is 7.07. The third-order valence-electron chi connectivity index (χ3n) is 3.60. The molecule has 0 saturated carbocycles. The third kappa shape index (κ3) is 3.43. The van der Waals surface area contributed by atoms with Crippen LogP contribution in [-0.4, -0.2) is 22.9 Å². The molecule has 5 heteroatoms. The summed E-state index contributed by atoms with van der Waals surface area (Å²) >= 11 is 8.23. The van der Waals surface area contributed by atoms with Crippen LogP contribution in [0.25, 0.3) is 0 Å². The van der Waals surface area contributed by atoms with Gasteiger partial charge in [-0.15, -0.1) is 0 Å². The minimum Gasteiger partial charge on any atom is -0.316 e. The molecule has 2 rings (SSSR count). The summed E-state index contributed by atoms with van der Waals surface area (Å²) in [5, 5.41) is 13.2. The molecule has 2 aromatic heterocycles. The van der Waals surface area contributed by atoms with Crippen LogP contribution < -0.4 is 5.32 Å². The van der Waals surface area contributed by atoms with Crippen molar-refractivity contribution in [1.29, 1.82) is 0 Å². The lowest BCUT2D eigenvalue weighted by molar-refractivity contribution is 0.520. The van der Waals surface area contributed by atoms with Crippen LogP contribution in [0.2, 0.25) is 5.02 Å². The summed E-state index contributed by atoms with van der Waals surface area (Å²) in [5.74, 6) is 0. The van der Waals surface area contributed by atoms with E-state index >= 15 is 0 Å². The number of aryl methyl sites for hydroxylation is 2. The predicted octanol–water partition coefficient (Wildman–Crippen LogP) is 3.55. The van der Waals surface area contributed by atoms with Crippen LogP contribution in [0.3, 0.4) is 0 Å². The van der Waals surface area contributed by atoms with Crippen molar-refractivity contribution in [2.75, 3.05) is 7.05 Å². The molecular weight excluding hydrogens is 290 g/mol. The quantitative estimate of drug-likeness (QED) is 0.847. The van der Waals surface area contributed by atoms with Crippen LogP contribution in [0.15, 0.2) is 16.8 Å². The molecule has 0 aliphatic heterocycles. The zero-order valence-corrected chi connectivity index (χ0v) is 13.9. The zero-order valence-electron chi connectivity index (χ0n) is 12.3. The maximum absolute atomic E-state index is 6.48. The number of nitrogens with one attached hydrogen (secondary N) is 1. The SMILES string of the molecule is CCc1nn(CC)c(CC(Cc2ccsc2)NC)c1Cl. The van der Waals surface area contributed by atoms with Gasteiger partial charge in [0.05, 0.1) is 16.4 Å². The molecule has 0 bridgehead atoms. The van der Waals surface area contributed by atoms with Gasteiger partial charge in [-0.3, -0.25) is 4.68 Å². The van der Waals surface area contributed by atoms with E-state index < -0.39 is 0 Å². The Morgan fingerprint density at radius 1 is 1.40 bits per heavy atom. The summed E-state index contributed by atoms with van der Waals surface area (Å²) in [7, 11) is 2.01. The second kappa shape index (κ2) is 7.25. The highest BCUT2D eigenvalue weighted by Crippen LogP contribution is 2.23. The molecule has 0 aliphatic rings. The van der Waals surface area contributed by atoms with E-state index in [0.29, 0.717) is 6.04 Å². The van der Waals surface area contributed by atoms with Crippen LogP contribution in [-0.2, 0) is 25.8 Å². The molecule has 110 valence electrons. The number of hydrogen-bond acceptors (Lipinski definition) is 3. The van der Waals surface area contributed by atoms with E-state index in [2.05, 4.69) is 41.1 Å². The van der Waals surface area contributed by atoms with Gasteiger partial charge in [-0.25, -0.2) is 0 Å². The summed E-state index contributed by atoms with van der Waals surface area (Å²) < 4.78 is 2.04. The number of aromatic nitrogens is 2. The van der Waals surface area contributed by atoms with Gasteiger partial charge in [0.2, 0.25) is 0 Å². The summed E-state index contributed by atoms with van der Waals surface area (Å²) in [5.41, 5.74) is 3.54. The van der Waals surface area contributed by atoms with E-state index in [1.165, 1.54) is 5.56 Å². The van der Waals surface area contributed by atoms with E-state index in [1.807, 2.05) is 11.7 Å².